The van der Waals surface area contributed by atoms with Gasteiger partial charge in [-0.25, -0.2) is 0 Å². The van der Waals surface area contributed by atoms with E-state index in [-0.39, 0.29) is 0 Å². The molecule has 2 aliphatic rings. The van der Waals surface area contributed by atoms with E-state index in [2.05, 4.69) is 36.1 Å². The first-order valence-corrected chi connectivity index (χ1v) is 7.25. The van der Waals surface area contributed by atoms with Crippen LogP contribution in [0.25, 0.3) is 0 Å². The number of nitrogens with one attached hydrogen (secondary N) is 1. The molecule has 2 unspecified atom stereocenters. The van der Waals surface area contributed by atoms with Gasteiger partial charge < -0.3 is 15.1 Å². The zero-order valence-corrected chi connectivity index (χ0v) is 11.8. The number of nitrogens with zero attached hydrogens (tertiary/aromatic N) is 2. The van der Waals surface area contributed by atoms with E-state index in [4.69, 9.17) is 0 Å². The highest BCUT2D eigenvalue weighted by Gasteiger charge is 2.25. The Kier molecular flexibility index (Phi) is 4.83. The molecule has 0 aromatic carbocycles. The van der Waals surface area contributed by atoms with Crippen LogP contribution in [0, 0.1) is 11.8 Å². The summed E-state index contributed by atoms with van der Waals surface area (Å²) in [4.78, 5) is 4.91. The number of likely N-dealkylation sites (tertiary alicyclic amines) is 2. The molecule has 2 atom stereocenters. The van der Waals surface area contributed by atoms with Gasteiger partial charge in [-0.2, -0.15) is 0 Å². The van der Waals surface area contributed by atoms with Crippen molar-refractivity contribution in [2.24, 2.45) is 11.8 Å². The Labute approximate surface area is 107 Å². The third-order valence-electron chi connectivity index (χ3n) is 4.62. The van der Waals surface area contributed by atoms with Crippen LogP contribution in [0.3, 0.4) is 0 Å². The maximum Gasteiger partial charge on any atom is 0.0117 e. The minimum Gasteiger partial charge on any atom is -0.313 e. The summed E-state index contributed by atoms with van der Waals surface area (Å²) in [5.41, 5.74) is 0. The zero-order valence-electron chi connectivity index (χ0n) is 11.8. The monoisotopic (exact) mass is 239 g/mol. The van der Waals surface area contributed by atoms with Crippen LogP contribution in [0.4, 0.5) is 0 Å². The summed E-state index contributed by atoms with van der Waals surface area (Å²) in [5.74, 6) is 1.72. The van der Waals surface area contributed by atoms with Crippen LogP contribution in [-0.4, -0.2) is 62.7 Å². The van der Waals surface area contributed by atoms with Crippen molar-refractivity contribution in [1.82, 2.24) is 15.1 Å². The molecule has 0 amide bonds. The fourth-order valence-electron chi connectivity index (χ4n) is 3.24. The molecule has 2 heterocycles. The van der Waals surface area contributed by atoms with Gasteiger partial charge in [-0.05, 0) is 71.4 Å². The first kappa shape index (κ1) is 13.3. The molecular weight excluding hydrogens is 210 g/mol. The molecule has 2 aliphatic heterocycles. The van der Waals surface area contributed by atoms with Crippen molar-refractivity contribution in [1.29, 1.82) is 0 Å². The quantitative estimate of drug-likeness (QED) is 0.800. The Morgan fingerprint density at radius 3 is 2.29 bits per heavy atom. The molecule has 1 N–H and O–H groups in total. The van der Waals surface area contributed by atoms with Crippen LogP contribution in [0.15, 0.2) is 0 Å². The van der Waals surface area contributed by atoms with Gasteiger partial charge in [0.2, 0.25) is 0 Å². The molecule has 0 saturated carbocycles. The van der Waals surface area contributed by atoms with E-state index in [0.717, 1.165) is 17.9 Å². The fraction of sp³-hybridized carbons (Fsp3) is 1.00. The maximum atomic E-state index is 3.83. The topological polar surface area (TPSA) is 18.5 Å². The first-order valence-electron chi connectivity index (χ1n) is 7.25. The average molecular weight is 239 g/mol. The third kappa shape index (κ3) is 3.94. The van der Waals surface area contributed by atoms with Gasteiger partial charge in [0.1, 0.15) is 0 Å². The highest BCUT2D eigenvalue weighted by atomic mass is 15.1. The summed E-state index contributed by atoms with van der Waals surface area (Å²) in [6.07, 6.45) is 4.08. The van der Waals surface area contributed by atoms with Crippen molar-refractivity contribution in [3.63, 3.8) is 0 Å². The van der Waals surface area contributed by atoms with Crippen LogP contribution in [-0.2, 0) is 0 Å². The van der Waals surface area contributed by atoms with E-state index in [0.29, 0.717) is 0 Å². The fourth-order valence-corrected chi connectivity index (χ4v) is 3.24. The van der Waals surface area contributed by atoms with E-state index in [1.54, 1.807) is 0 Å². The Hall–Kier alpha value is -0.120. The lowest BCUT2D eigenvalue weighted by Gasteiger charge is -2.37. The van der Waals surface area contributed by atoms with E-state index in [1.807, 2.05) is 0 Å². The smallest absolute Gasteiger partial charge is 0.0117 e. The standard InChI is InChI=1S/C14H29N3/c1-12-11-17(3)9-6-14(12)15-10-13-4-7-16(2)8-5-13/h12-15H,4-11H2,1-3H3. The largest absolute Gasteiger partial charge is 0.313 e. The molecule has 17 heavy (non-hydrogen) atoms. The average Bonchev–Trinajstić information content (AvgIpc) is 2.30. The summed E-state index contributed by atoms with van der Waals surface area (Å²) in [6.45, 7) is 8.72. The van der Waals surface area contributed by atoms with Crippen LogP contribution in [0.1, 0.15) is 26.2 Å². The normalized spacial score (nSPS) is 34.1. The summed E-state index contributed by atoms with van der Waals surface area (Å²) in [7, 11) is 4.48. The first-order chi connectivity index (χ1) is 8.15. The molecule has 0 aliphatic carbocycles. The van der Waals surface area contributed by atoms with Crippen LogP contribution in [0.5, 0.6) is 0 Å². The lowest BCUT2D eigenvalue weighted by atomic mass is 9.92. The number of hydrogen-bond acceptors (Lipinski definition) is 3. The van der Waals surface area contributed by atoms with Gasteiger partial charge in [-0.1, -0.05) is 6.92 Å². The molecular formula is C14H29N3. The lowest BCUT2D eigenvalue weighted by Crippen LogP contribution is -2.48. The minimum atomic E-state index is 0.755. The summed E-state index contributed by atoms with van der Waals surface area (Å²) < 4.78 is 0. The van der Waals surface area contributed by atoms with Crippen LogP contribution < -0.4 is 5.32 Å². The molecule has 0 aromatic heterocycles. The Morgan fingerprint density at radius 2 is 1.65 bits per heavy atom. The number of rotatable bonds is 3. The van der Waals surface area contributed by atoms with Crippen molar-refractivity contribution in [2.45, 2.75) is 32.2 Å². The van der Waals surface area contributed by atoms with Crippen molar-refractivity contribution < 1.29 is 0 Å². The second kappa shape index (κ2) is 6.17. The highest BCUT2D eigenvalue weighted by molar-refractivity contribution is 4.83. The second-order valence-corrected chi connectivity index (χ2v) is 6.29. The minimum absolute atomic E-state index is 0.755. The van der Waals surface area contributed by atoms with Crippen LogP contribution in [0.2, 0.25) is 0 Å². The van der Waals surface area contributed by atoms with E-state index < -0.39 is 0 Å². The Balaban J connectivity index is 1.67. The number of piperidine rings is 2. The van der Waals surface area contributed by atoms with Gasteiger partial charge in [0.15, 0.2) is 0 Å². The predicted molar refractivity (Wildman–Crippen MR) is 73.3 cm³/mol. The van der Waals surface area contributed by atoms with Crippen molar-refractivity contribution in [3.05, 3.63) is 0 Å². The maximum absolute atomic E-state index is 3.83. The summed E-state index contributed by atoms with van der Waals surface area (Å²) in [5, 5.41) is 3.83. The van der Waals surface area contributed by atoms with E-state index in [9.17, 15) is 0 Å². The lowest BCUT2D eigenvalue weighted by molar-refractivity contribution is 0.160. The van der Waals surface area contributed by atoms with Gasteiger partial charge in [-0.15, -0.1) is 0 Å². The summed E-state index contributed by atoms with van der Waals surface area (Å²) >= 11 is 0. The van der Waals surface area contributed by atoms with Gasteiger partial charge in [-0.3, -0.25) is 0 Å². The van der Waals surface area contributed by atoms with Crippen LogP contribution >= 0.6 is 0 Å². The van der Waals surface area contributed by atoms with E-state index >= 15 is 0 Å². The third-order valence-corrected chi connectivity index (χ3v) is 4.62. The van der Waals surface area contributed by atoms with Gasteiger partial charge in [0.05, 0.1) is 0 Å². The van der Waals surface area contributed by atoms with Crippen molar-refractivity contribution in [2.75, 3.05) is 46.8 Å². The molecule has 2 saturated heterocycles. The van der Waals surface area contributed by atoms with Crippen molar-refractivity contribution in [3.8, 4) is 0 Å². The molecule has 100 valence electrons. The van der Waals surface area contributed by atoms with Gasteiger partial charge in [0.25, 0.3) is 0 Å². The molecule has 0 aromatic rings. The molecule has 3 heteroatoms. The van der Waals surface area contributed by atoms with Crippen molar-refractivity contribution >= 4 is 0 Å². The zero-order chi connectivity index (χ0) is 12.3. The summed E-state index contributed by atoms with van der Waals surface area (Å²) in [6, 6.07) is 0.755. The molecule has 2 rings (SSSR count). The molecule has 3 nitrogen and oxygen atoms in total. The molecule has 0 radical (unpaired) electrons. The number of hydrogen-bond donors (Lipinski definition) is 1. The van der Waals surface area contributed by atoms with Gasteiger partial charge >= 0.3 is 0 Å². The Bertz CT molecular complexity index is 224. The highest BCUT2D eigenvalue weighted by Crippen LogP contribution is 2.18. The molecule has 2 fully saturated rings. The van der Waals surface area contributed by atoms with E-state index in [1.165, 1.54) is 52.0 Å². The SMILES string of the molecule is CC1CN(C)CCC1NCC1CCN(C)CC1. The van der Waals surface area contributed by atoms with Gasteiger partial charge in [0, 0.05) is 12.6 Å². The second-order valence-electron chi connectivity index (χ2n) is 6.29. The predicted octanol–water partition coefficient (Wildman–Crippen LogP) is 1.26. The molecule has 0 spiro atoms. The Morgan fingerprint density at radius 1 is 1.00 bits per heavy atom. The molecule has 0 bridgehead atoms.